The molecule has 0 aliphatic rings. The lowest BCUT2D eigenvalue weighted by Gasteiger charge is -2.08. The summed E-state index contributed by atoms with van der Waals surface area (Å²) in [5.74, 6) is -0.0817. The third-order valence-electron chi connectivity index (χ3n) is 1.58. The van der Waals surface area contributed by atoms with Gasteiger partial charge in [0.05, 0.1) is 16.9 Å². The molecule has 0 aliphatic heterocycles. The Morgan fingerprint density at radius 3 is 3.14 bits per heavy atom. The summed E-state index contributed by atoms with van der Waals surface area (Å²) in [7, 11) is 1.58. The van der Waals surface area contributed by atoms with Crippen LogP contribution < -0.4 is 5.32 Å². The number of alkyl halides is 1. The number of carbonyl (C=O) groups is 1. The molecule has 14 heavy (non-hydrogen) atoms. The fraction of sp³-hybridized carbons (Fsp3) is 0.444. The fourth-order valence-corrected chi connectivity index (χ4v) is 1.78. The second-order valence-electron chi connectivity index (χ2n) is 2.74. The third kappa shape index (κ3) is 3.65. The van der Waals surface area contributed by atoms with Gasteiger partial charge in [-0.3, -0.25) is 4.79 Å². The molecule has 0 aromatic carbocycles. The molecule has 0 fully saturated rings. The van der Waals surface area contributed by atoms with Crippen molar-refractivity contribution in [1.82, 2.24) is 5.32 Å². The molecule has 1 aromatic heterocycles. The topological polar surface area (TPSA) is 38.3 Å². The van der Waals surface area contributed by atoms with Crippen LogP contribution in [0.3, 0.4) is 0 Å². The van der Waals surface area contributed by atoms with Gasteiger partial charge >= 0.3 is 0 Å². The summed E-state index contributed by atoms with van der Waals surface area (Å²) >= 11 is 7.26. The van der Waals surface area contributed by atoms with Gasteiger partial charge in [-0.1, -0.05) is 6.07 Å². The first-order chi connectivity index (χ1) is 6.74. The van der Waals surface area contributed by atoms with E-state index in [9.17, 15) is 4.79 Å². The Kier molecular flexibility index (Phi) is 4.93. The van der Waals surface area contributed by atoms with Gasteiger partial charge in [-0.15, -0.1) is 22.9 Å². The average molecular weight is 234 g/mol. The van der Waals surface area contributed by atoms with Crippen LogP contribution in [-0.2, 0) is 4.74 Å². The Bertz CT molecular complexity index is 276. The van der Waals surface area contributed by atoms with Crippen LogP contribution in [0, 0.1) is 0 Å². The molecule has 1 atom stereocenters. The van der Waals surface area contributed by atoms with Gasteiger partial charge in [-0.2, -0.15) is 0 Å². The van der Waals surface area contributed by atoms with Crippen LogP contribution in [0.25, 0.3) is 0 Å². The second-order valence-corrected chi connectivity index (χ2v) is 4.30. The molecule has 5 heteroatoms. The molecular weight excluding hydrogens is 222 g/mol. The van der Waals surface area contributed by atoms with E-state index in [2.05, 4.69) is 5.32 Å². The van der Waals surface area contributed by atoms with E-state index in [0.717, 1.165) is 0 Å². The van der Waals surface area contributed by atoms with E-state index in [1.807, 2.05) is 11.4 Å². The van der Waals surface area contributed by atoms with E-state index in [-0.39, 0.29) is 11.3 Å². The van der Waals surface area contributed by atoms with Crippen LogP contribution in [0.1, 0.15) is 9.67 Å². The number of hydrogen-bond acceptors (Lipinski definition) is 3. The predicted molar refractivity (Wildman–Crippen MR) is 58.2 cm³/mol. The molecule has 1 unspecified atom stereocenters. The monoisotopic (exact) mass is 233 g/mol. The minimum Gasteiger partial charge on any atom is -0.383 e. The van der Waals surface area contributed by atoms with Gasteiger partial charge < -0.3 is 10.1 Å². The first-order valence-electron chi connectivity index (χ1n) is 4.18. The molecule has 0 saturated carbocycles. The molecule has 0 aliphatic carbocycles. The second kappa shape index (κ2) is 6.01. The van der Waals surface area contributed by atoms with Gasteiger partial charge in [0.1, 0.15) is 0 Å². The van der Waals surface area contributed by atoms with Crippen molar-refractivity contribution in [2.45, 2.75) is 5.38 Å². The van der Waals surface area contributed by atoms with Crippen molar-refractivity contribution in [3.05, 3.63) is 22.4 Å². The summed E-state index contributed by atoms with van der Waals surface area (Å²) < 4.78 is 4.85. The van der Waals surface area contributed by atoms with Crippen molar-refractivity contribution in [1.29, 1.82) is 0 Å². The lowest BCUT2D eigenvalue weighted by molar-refractivity contribution is 0.0953. The maximum Gasteiger partial charge on any atom is 0.261 e. The molecule has 1 amide bonds. The number of amides is 1. The highest BCUT2D eigenvalue weighted by molar-refractivity contribution is 7.12. The number of methoxy groups -OCH3 is 1. The summed E-state index contributed by atoms with van der Waals surface area (Å²) in [6.45, 7) is 0.860. The number of ether oxygens (including phenoxy) is 1. The van der Waals surface area contributed by atoms with Crippen LogP contribution in [0.15, 0.2) is 17.5 Å². The standard InChI is InChI=1S/C9H12ClNO2S/c1-13-6-7(10)5-11-9(12)8-3-2-4-14-8/h2-4,7H,5-6H2,1H3,(H,11,12). The minimum atomic E-state index is -0.177. The molecule has 1 N–H and O–H groups in total. The van der Waals surface area contributed by atoms with Crippen LogP contribution in [-0.4, -0.2) is 31.5 Å². The van der Waals surface area contributed by atoms with E-state index in [1.165, 1.54) is 11.3 Å². The highest BCUT2D eigenvalue weighted by Gasteiger charge is 2.09. The molecule has 0 radical (unpaired) electrons. The molecule has 78 valence electrons. The number of halogens is 1. The van der Waals surface area contributed by atoms with Crippen LogP contribution in [0.5, 0.6) is 0 Å². The highest BCUT2D eigenvalue weighted by atomic mass is 35.5. The van der Waals surface area contributed by atoms with Gasteiger partial charge in [0.2, 0.25) is 0 Å². The maximum absolute atomic E-state index is 11.4. The summed E-state index contributed by atoms with van der Waals surface area (Å²) in [4.78, 5) is 12.1. The normalized spacial score (nSPS) is 12.4. The first kappa shape index (κ1) is 11.5. The van der Waals surface area contributed by atoms with E-state index in [0.29, 0.717) is 18.0 Å². The quantitative estimate of drug-likeness (QED) is 0.787. The molecule has 0 bridgehead atoms. The maximum atomic E-state index is 11.4. The van der Waals surface area contributed by atoms with Crippen molar-refractivity contribution in [2.75, 3.05) is 20.3 Å². The number of thiophene rings is 1. The Balaban J connectivity index is 2.28. The Morgan fingerprint density at radius 1 is 1.79 bits per heavy atom. The van der Waals surface area contributed by atoms with Crippen molar-refractivity contribution in [3.8, 4) is 0 Å². The molecule has 1 rings (SSSR count). The third-order valence-corrected chi connectivity index (χ3v) is 2.73. The summed E-state index contributed by atoms with van der Waals surface area (Å²) in [6, 6.07) is 3.62. The number of nitrogens with one attached hydrogen (secondary N) is 1. The lowest BCUT2D eigenvalue weighted by Crippen LogP contribution is -2.31. The van der Waals surface area contributed by atoms with Gasteiger partial charge in [-0.25, -0.2) is 0 Å². The Labute approximate surface area is 92.0 Å². The summed E-state index contributed by atoms with van der Waals surface area (Å²) in [5.41, 5.74) is 0. The lowest BCUT2D eigenvalue weighted by atomic mass is 10.4. The van der Waals surface area contributed by atoms with Gasteiger partial charge in [0.25, 0.3) is 5.91 Å². The predicted octanol–water partition coefficient (Wildman–Crippen LogP) is 1.73. The molecular formula is C9H12ClNO2S. The van der Waals surface area contributed by atoms with Gasteiger partial charge in [-0.05, 0) is 11.4 Å². The van der Waals surface area contributed by atoms with Gasteiger partial charge in [0, 0.05) is 13.7 Å². The average Bonchev–Trinajstić information content (AvgIpc) is 2.67. The van der Waals surface area contributed by atoms with Crippen LogP contribution >= 0.6 is 22.9 Å². The summed E-state index contributed by atoms with van der Waals surface area (Å²) in [6.07, 6.45) is 0. The molecule has 0 saturated heterocycles. The molecule has 3 nitrogen and oxygen atoms in total. The fourth-order valence-electron chi connectivity index (χ4n) is 0.938. The minimum absolute atomic E-state index is 0.0817. The van der Waals surface area contributed by atoms with Gasteiger partial charge in [0.15, 0.2) is 0 Å². The Morgan fingerprint density at radius 2 is 2.57 bits per heavy atom. The zero-order valence-corrected chi connectivity index (χ0v) is 9.40. The number of carbonyl (C=O) groups excluding carboxylic acids is 1. The smallest absolute Gasteiger partial charge is 0.261 e. The van der Waals surface area contributed by atoms with Crippen LogP contribution in [0.4, 0.5) is 0 Å². The van der Waals surface area contributed by atoms with Crippen molar-refractivity contribution >= 4 is 28.8 Å². The zero-order chi connectivity index (χ0) is 10.4. The van der Waals surface area contributed by atoms with E-state index in [1.54, 1.807) is 13.2 Å². The van der Waals surface area contributed by atoms with Crippen molar-refractivity contribution in [3.63, 3.8) is 0 Å². The molecule has 1 aromatic rings. The molecule has 0 spiro atoms. The Hall–Kier alpha value is -0.580. The zero-order valence-electron chi connectivity index (χ0n) is 7.83. The largest absolute Gasteiger partial charge is 0.383 e. The first-order valence-corrected chi connectivity index (χ1v) is 5.50. The summed E-state index contributed by atoms with van der Waals surface area (Å²) in [5, 5.41) is 4.42. The van der Waals surface area contributed by atoms with E-state index < -0.39 is 0 Å². The number of rotatable bonds is 5. The van der Waals surface area contributed by atoms with E-state index >= 15 is 0 Å². The van der Waals surface area contributed by atoms with Crippen molar-refractivity contribution in [2.24, 2.45) is 0 Å². The highest BCUT2D eigenvalue weighted by Crippen LogP contribution is 2.07. The number of hydrogen-bond donors (Lipinski definition) is 1. The SMILES string of the molecule is COCC(Cl)CNC(=O)c1cccs1. The van der Waals surface area contributed by atoms with Crippen molar-refractivity contribution < 1.29 is 9.53 Å². The van der Waals surface area contributed by atoms with E-state index in [4.69, 9.17) is 16.3 Å². The molecule has 1 heterocycles. The van der Waals surface area contributed by atoms with Crippen LogP contribution in [0.2, 0.25) is 0 Å².